The molecule has 0 aliphatic heterocycles. The van der Waals surface area contributed by atoms with Gasteiger partial charge in [-0.05, 0) is 26.5 Å². The van der Waals surface area contributed by atoms with Crippen LogP contribution in [0.1, 0.15) is 50.8 Å². The van der Waals surface area contributed by atoms with E-state index < -0.39 is 11.2 Å². The minimum atomic E-state index is -1.03. The molecule has 32 heavy (non-hydrogen) atoms. The summed E-state index contributed by atoms with van der Waals surface area (Å²) in [5, 5.41) is 15.9. The van der Waals surface area contributed by atoms with Crippen LogP contribution in [-0.4, -0.2) is 58.3 Å². The average molecular weight is 536 g/mol. The molecule has 1 aromatic heterocycles. The second kappa shape index (κ2) is 22.8. The largest absolute Gasteiger partial charge is 0.475 e. The van der Waals surface area contributed by atoms with Crippen LogP contribution in [0.3, 0.4) is 0 Å². The van der Waals surface area contributed by atoms with E-state index in [-0.39, 0.29) is 19.1 Å². The molecular formula is C22H39BrN4O4S. The number of nitrogens with zero attached hydrogens (tertiary/aromatic N) is 2. The molecule has 4 N–H and O–H groups in total. The van der Waals surface area contributed by atoms with E-state index in [0.29, 0.717) is 5.88 Å². The van der Waals surface area contributed by atoms with Gasteiger partial charge in [0.05, 0.1) is 6.61 Å². The highest BCUT2D eigenvalue weighted by Crippen LogP contribution is 2.31. The van der Waals surface area contributed by atoms with Gasteiger partial charge in [-0.2, -0.15) is 0 Å². The Morgan fingerprint density at radius 1 is 1.22 bits per heavy atom. The molecule has 0 amide bonds. The molecule has 0 aromatic carbocycles. The summed E-state index contributed by atoms with van der Waals surface area (Å²) in [5.41, 5.74) is 1.80. The second-order valence-electron chi connectivity index (χ2n) is 6.15. The molecule has 0 bridgehead atoms. The highest BCUT2D eigenvalue weighted by atomic mass is 79.9. The third-order valence-corrected chi connectivity index (χ3v) is 4.78. The maximum absolute atomic E-state index is 10.5. The van der Waals surface area contributed by atoms with E-state index in [4.69, 9.17) is 14.9 Å². The number of hydrogen-bond acceptors (Lipinski definition) is 6. The molecule has 2 rings (SSSR count). The lowest BCUT2D eigenvalue weighted by molar-refractivity contribution is 0.195. The number of nitrogens with one attached hydrogen (secondary N) is 2. The first-order valence-corrected chi connectivity index (χ1v) is 12.4. The van der Waals surface area contributed by atoms with Crippen LogP contribution in [-0.2, 0) is 11.2 Å². The zero-order valence-electron chi connectivity index (χ0n) is 20.0. The standard InChI is InChI=1S/C14H15BrN2O2.C4H12N2OS.C3H8.CH4O/c1-10-13(11-3-2-4-12(15)6-5-11)14(17-9-16-10)19-8-7-18;1-3-4-6-8(7)5-2;1-3-2;1-2/h2-6,9,11,18H,7-8H2,1H3;5-6H,3-4H2,1-2H3;3H2,1-2H3;2H,1H3. The minimum absolute atomic E-state index is 0.0358. The molecule has 1 aromatic rings. The van der Waals surface area contributed by atoms with Gasteiger partial charge in [-0.3, -0.25) is 0 Å². The summed E-state index contributed by atoms with van der Waals surface area (Å²) in [6, 6.07) is 0. The predicted octanol–water partition coefficient (Wildman–Crippen LogP) is 3.45. The molecule has 1 aliphatic rings. The van der Waals surface area contributed by atoms with Crippen molar-refractivity contribution in [3.8, 4) is 5.88 Å². The first-order valence-electron chi connectivity index (χ1n) is 10.5. The molecule has 0 fully saturated rings. The Bertz CT molecular complexity index is 715. The minimum Gasteiger partial charge on any atom is -0.475 e. The molecule has 0 radical (unpaired) electrons. The van der Waals surface area contributed by atoms with Crippen LogP contribution in [0, 0.1) is 6.92 Å². The lowest BCUT2D eigenvalue weighted by Crippen LogP contribution is -2.27. The van der Waals surface area contributed by atoms with Crippen LogP contribution >= 0.6 is 15.9 Å². The van der Waals surface area contributed by atoms with Crippen LogP contribution in [0.5, 0.6) is 5.88 Å². The quantitative estimate of drug-likeness (QED) is 0.405. The van der Waals surface area contributed by atoms with Gasteiger partial charge < -0.3 is 14.9 Å². The molecule has 10 heteroatoms. The number of hydrogen-bond donors (Lipinski definition) is 4. The summed E-state index contributed by atoms with van der Waals surface area (Å²) >= 11 is 2.42. The Labute approximate surface area is 204 Å². The van der Waals surface area contributed by atoms with Crippen molar-refractivity contribution in [1.82, 2.24) is 19.4 Å². The van der Waals surface area contributed by atoms with Gasteiger partial charge in [0.2, 0.25) is 5.88 Å². The molecule has 0 saturated heterocycles. The molecule has 8 nitrogen and oxygen atoms in total. The Kier molecular flexibility index (Phi) is 23.3. The molecule has 184 valence electrons. The fourth-order valence-corrected chi connectivity index (χ4v) is 2.98. The topological polar surface area (TPSA) is 117 Å². The summed E-state index contributed by atoms with van der Waals surface area (Å²) < 4.78 is 22.3. The van der Waals surface area contributed by atoms with Crippen LogP contribution in [0.15, 0.2) is 41.2 Å². The van der Waals surface area contributed by atoms with Gasteiger partial charge in [-0.1, -0.05) is 67.4 Å². The summed E-state index contributed by atoms with van der Waals surface area (Å²) in [6.45, 7) is 9.20. The Morgan fingerprint density at radius 2 is 1.88 bits per heavy atom. The summed E-state index contributed by atoms with van der Waals surface area (Å²) in [6.07, 6.45) is 13.8. The predicted molar refractivity (Wildman–Crippen MR) is 137 cm³/mol. The van der Waals surface area contributed by atoms with Gasteiger partial charge in [0.15, 0.2) is 11.2 Å². The fraction of sp³-hybridized carbons (Fsp3) is 0.545. The number of halogens is 1. The first-order chi connectivity index (χ1) is 15.4. The van der Waals surface area contributed by atoms with Crippen molar-refractivity contribution in [2.24, 2.45) is 0 Å². The number of aliphatic hydroxyl groups excluding tert-OH is 2. The maximum atomic E-state index is 10.5. The summed E-state index contributed by atoms with van der Waals surface area (Å²) in [4.78, 5) is 8.38. The number of rotatable bonds is 8. The normalized spacial score (nSPS) is 14.9. The lowest BCUT2D eigenvalue weighted by Gasteiger charge is -2.15. The number of allylic oxidation sites excluding steroid dienone is 6. The van der Waals surface area contributed by atoms with Gasteiger partial charge in [0, 0.05) is 35.3 Å². The van der Waals surface area contributed by atoms with E-state index in [0.717, 1.165) is 35.8 Å². The third kappa shape index (κ3) is 15.4. The number of aliphatic hydroxyl groups is 2. The second-order valence-corrected chi connectivity index (χ2v) is 8.30. The number of aryl methyl sites for hydroxylation is 1. The Hall–Kier alpha value is -1.43. The molecule has 0 saturated carbocycles. The zero-order chi connectivity index (χ0) is 24.8. The smallest absolute Gasteiger partial charge is 0.220 e. The zero-order valence-corrected chi connectivity index (χ0v) is 22.4. The first kappa shape index (κ1) is 32.7. The van der Waals surface area contributed by atoms with E-state index in [1.165, 1.54) is 12.7 Å². The van der Waals surface area contributed by atoms with Crippen LogP contribution < -0.4 is 14.2 Å². The van der Waals surface area contributed by atoms with E-state index in [2.05, 4.69) is 61.3 Å². The van der Waals surface area contributed by atoms with Crippen molar-refractivity contribution in [1.29, 1.82) is 0 Å². The van der Waals surface area contributed by atoms with Crippen molar-refractivity contribution < 1.29 is 19.2 Å². The molecule has 2 atom stereocenters. The maximum Gasteiger partial charge on any atom is 0.220 e. The van der Waals surface area contributed by atoms with Crippen molar-refractivity contribution in [2.75, 3.05) is 33.9 Å². The molecule has 2 unspecified atom stereocenters. The van der Waals surface area contributed by atoms with E-state index >= 15 is 0 Å². The van der Waals surface area contributed by atoms with Crippen molar-refractivity contribution >= 4 is 27.1 Å². The van der Waals surface area contributed by atoms with E-state index in [1.54, 1.807) is 7.05 Å². The Balaban J connectivity index is 0. The van der Waals surface area contributed by atoms with Crippen LogP contribution in [0.4, 0.5) is 0 Å². The highest BCUT2D eigenvalue weighted by Gasteiger charge is 2.17. The van der Waals surface area contributed by atoms with Crippen LogP contribution in [0.2, 0.25) is 0 Å². The molecule has 0 spiro atoms. The highest BCUT2D eigenvalue weighted by molar-refractivity contribution is 9.11. The molecule has 1 heterocycles. The SMILES string of the molecule is CCC.CCCNS(=O)NC.CO.Cc1ncnc(OCCO)c1C1C=CC=C(Br)C=C1. The van der Waals surface area contributed by atoms with Gasteiger partial charge in [-0.15, -0.1) is 0 Å². The van der Waals surface area contributed by atoms with Gasteiger partial charge >= 0.3 is 0 Å². The van der Waals surface area contributed by atoms with Crippen molar-refractivity contribution in [2.45, 2.75) is 46.5 Å². The monoisotopic (exact) mass is 534 g/mol. The van der Waals surface area contributed by atoms with Gasteiger partial charge in [0.1, 0.15) is 12.9 Å². The van der Waals surface area contributed by atoms with E-state index in [9.17, 15) is 4.21 Å². The van der Waals surface area contributed by atoms with Crippen molar-refractivity contribution in [3.05, 3.63) is 52.4 Å². The third-order valence-electron chi connectivity index (χ3n) is 3.42. The fourth-order valence-electron chi connectivity index (χ4n) is 2.14. The molecule has 1 aliphatic carbocycles. The average Bonchev–Trinajstić information content (AvgIpc) is 3.02. The number of aromatic nitrogens is 2. The van der Waals surface area contributed by atoms with Gasteiger partial charge in [-0.25, -0.2) is 23.6 Å². The summed E-state index contributed by atoms with van der Waals surface area (Å²) in [7, 11) is 2.65. The van der Waals surface area contributed by atoms with Gasteiger partial charge in [0.25, 0.3) is 0 Å². The Morgan fingerprint density at radius 3 is 2.44 bits per heavy atom. The lowest BCUT2D eigenvalue weighted by atomic mass is 9.98. The van der Waals surface area contributed by atoms with E-state index in [1.807, 2.05) is 32.1 Å². The number of ether oxygens (including phenoxy) is 1. The summed E-state index contributed by atoms with van der Waals surface area (Å²) in [5.74, 6) is 0.583. The van der Waals surface area contributed by atoms with Crippen molar-refractivity contribution in [3.63, 3.8) is 0 Å². The van der Waals surface area contributed by atoms with Crippen LogP contribution in [0.25, 0.3) is 0 Å². The molecular weight excluding hydrogens is 496 g/mol.